The van der Waals surface area contributed by atoms with Crippen LogP contribution in [0.15, 0.2) is 24.3 Å². The fraction of sp³-hybridized carbons (Fsp3) is 0.562. The van der Waals surface area contributed by atoms with Gasteiger partial charge in [0.2, 0.25) is 0 Å². The van der Waals surface area contributed by atoms with Crippen molar-refractivity contribution in [3.8, 4) is 0 Å². The summed E-state index contributed by atoms with van der Waals surface area (Å²) in [7, 11) is 0. The van der Waals surface area contributed by atoms with Gasteiger partial charge in [-0.05, 0) is 44.4 Å². The Morgan fingerprint density at radius 2 is 2.10 bits per heavy atom. The standard InChI is InChI=1S/C16H22FN3O/c17-14-6-1-2-7-15(14)19-16(21)20(13-8-9-13)11-12-5-3-4-10-18-12/h1-2,6-7,12-13,18H,3-5,8-11H2,(H,19,21). The molecule has 0 radical (unpaired) electrons. The van der Waals surface area contributed by atoms with Crippen molar-refractivity contribution in [3.63, 3.8) is 0 Å². The van der Waals surface area contributed by atoms with Gasteiger partial charge in [0.05, 0.1) is 5.69 Å². The van der Waals surface area contributed by atoms with Crippen LogP contribution in [-0.2, 0) is 0 Å². The number of hydrogen-bond donors (Lipinski definition) is 2. The minimum Gasteiger partial charge on any atom is -0.320 e. The quantitative estimate of drug-likeness (QED) is 0.896. The molecule has 3 rings (SSSR count). The van der Waals surface area contributed by atoms with Gasteiger partial charge in [0.1, 0.15) is 5.82 Å². The number of piperidine rings is 1. The lowest BCUT2D eigenvalue weighted by Gasteiger charge is -2.30. The van der Waals surface area contributed by atoms with E-state index in [1.807, 2.05) is 4.90 Å². The fourth-order valence-electron chi connectivity index (χ4n) is 2.85. The summed E-state index contributed by atoms with van der Waals surface area (Å²) < 4.78 is 13.6. The maximum Gasteiger partial charge on any atom is 0.322 e. The zero-order valence-corrected chi connectivity index (χ0v) is 12.1. The van der Waals surface area contributed by atoms with Gasteiger partial charge in [0, 0.05) is 18.6 Å². The van der Waals surface area contributed by atoms with Crippen LogP contribution in [0.1, 0.15) is 32.1 Å². The predicted molar refractivity (Wildman–Crippen MR) is 80.8 cm³/mol. The van der Waals surface area contributed by atoms with E-state index >= 15 is 0 Å². The molecule has 1 unspecified atom stereocenters. The molecule has 1 aliphatic carbocycles. The molecule has 1 heterocycles. The Balaban J connectivity index is 1.63. The van der Waals surface area contributed by atoms with E-state index in [0.717, 1.165) is 25.8 Å². The summed E-state index contributed by atoms with van der Waals surface area (Å²) in [6, 6.07) is 6.80. The summed E-state index contributed by atoms with van der Waals surface area (Å²) in [5, 5.41) is 6.17. The predicted octanol–water partition coefficient (Wildman–Crippen LogP) is 2.96. The van der Waals surface area contributed by atoms with E-state index in [2.05, 4.69) is 10.6 Å². The second-order valence-electron chi connectivity index (χ2n) is 5.94. The molecule has 0 aromatic heterocycles. The van der Waals surface area contributed by atoms with Crippen molar-refractivity contribution in [2.75, 3.05) is 18.4 Å². The van der Waals surface area contributed by atoms with Crippen LogP contribution in [0.4, 0.5) is 14.9 Å². The molecule has 21 heavy (non-hydrogen) atoms. The maximum absolute atomic E-state index is 13.6. The smallest absolute Gasteiger partial charge is 0.320 e. The number of carbonyl (C=O) groups excluding carboxylic acids is 1. The number of nitrogens with one attached hydrogen (secondary N) is 2. The number of amides is 2. The van der Waals surface area contributed by atoms with Crippen LogP contribution in [0.25, 0.3) is 0 Å². The molecule has 114 valence electrons. The third-order valence-corrected chi connectivity index (χ3v) is 4.19. The molecule has 1 saturated heterocycles. The Morgan fingerprint density at radius 3 is 2.76 bits per heavy atom. The lowest BCUT2D eigenvalue weighted by molar-refractivity contribution is 0.196. The molecule has 2 aliphatic rings. The van der Waals surface area contributed by atoms with Crippen molar-refractivity contribution in [1.82, 2.24) is 10.2 Å². The summed E-state index contributed by atoms with van der Waals surface area (Å²) in [5.74, 6) is -0.391. The highest BCUT2D eigenvalue weighted by Crippen LogP contribution is 2.28. The molecule has 1 aromatic carbocycles. The summed E-state index contributed by atoms with van der Waals surface area (Å²) in [5.41, 5.74) is 0.254. The van der Waals surface area contributed by atoms with Crippen LogP contribution >= 0.6 is 0 Å². The van der Waals surface area contributed by atoms with E-state index in [-0.39, 0.29) is 11.7 Å². The molecule has 0 spiro atoms. The van der Waals surface area contributed by atoms with Crippen LogP contribution in [0.2, 0.25) is 0 Å². The molecule has 1 aliphatic heterocycles. The summed E-state index contributed by atoms with van der Waals surface area (Å²) in [4.78, 5) is 14.3. The number of para-hydroxylation sites is 1. The average Bonchev–Trinajstić information content (AvgIpc) is 3.33. The molecular weight excluding hydrogens is 269 g/mol. The molecule has 2 fully saturated rings. The number of rotatable bonds is 4. The highest BCUT2D eigenvalue weighted by Gasteiger charge is 2.34. The van der Waals surface area contributed by atoms with Gasteiger partial charge in [-0.25, -0.2) is 9.18 Å². The second kappa shape index (κ2) is 6.43. The summed E-state index contributed by atoms with van der Waals surface area (Å²) in [6.45, 7) is 1.74. The Kier molecular flexibility index (Phi) is 4.39. The first-order chi connectivity index (χ1) is 10.2. The normalized spacial score (nSPS) is 21.9. The molecule has 4 nitrogen and oxygen atoms in total. The van der Waals surface area contributed by atoms with Crippen LogP contribution in [0.3, 0.4) is 0 Å². The van der Waals surface area contributed by atoms with Gasteiger partial charge in [-0.2, -0.15) is 0 Å². The zero-order valence-electron chi connectivity index (χ0n) is 12.1. The van der Waals surface area contributed by atoms with E-state index in [1.54, 1.807) is 18.2 Å². The Morgan fingerprint density at radius 1 is 1.29 bits per heavy atom. The summed E-state index contributed by atoms with van der Waals surface area (Å²) in [6.07, 6.45) is 5.64. The Hall–Kier alpha value is -1.62. The fourth-order valence-corrected chi connectivity index (χ4v) is 2.85. The molecule has 5 heteroatoms. The number of carbonyl (C=O) groups is 1. The Labute approximate surface area is 124 Å². The highest BCUT2D eigenvalue weighted by atomic mass is 19.1. The maximum atomic E-state index is 13.6. The number of urea groups is 1. The van der Waals surface area contributed by atoms with Gasteiger partial charge in [-0.1, -0.05) is 18.6 Å². The third-order valence-electron chi connectivity index (χ3n) is 4.19. The molecule has 1 aromatic rings. The second-order valence-corrected chi connectivity index (χ2v) is 5.94. The monoisotopic (exact) mass is 291 g/mol. The van der Waals surface area contributed by atoms with Crippen molar-refractivity contribution in [3.05, 3.63) is 30.1 Å². The van der Waals surface area contributed by atoms with Crippen molar-refractivity contribution < 1.29 is 9.18 Å². The van der Waals surface area contributed by atoms with Gasteiger partial charge >= 0.3 is 6.03 Å². The van der Waals surface area contributed by atoms with Crippen molar-refractivity contribution in [1.29, 1.82) is 0 Å². The van der Waals surface area contributed by atoms with Crippen LogP contribution in [-0.4, -0.2) is 36.1 Å². The average molecular weight is 291 g/mol. The number of benzene rings is 1. The van der Waals surface area contributed by atoms with Gasteiger partial charge < -0.3 is 15.5 Å². The van der Waals surface area contributed by atoms with E-state index in [0.29, 0.717) is 18.6 Å². The first kappa shape index (κ1) is 14.3. The number of halogens is 1. The molecule has 1 saturated carbocycles. The third kappa shape index (κ3) is 3.73. The van der Waals surface area contributed by atoms with E-state index in [4.69, 9.17) is 0 Å². The lowest BCUT2D eigenvalue weighted by Crippen LogP contribution is -2.48. The van der Waals surface area contributed by atoms with Crippen molar-refractivity contribution in [2.45, 2.75) is 44.2 Å². The first-order valence-electron chi connectivity index (χ1n) is 7.79. The van der Waals surface area contributed by atoms with Gasteiger partial charge in [0.15, 0.2) is 0 Å². The SMILES string of the molecule is O=C(Nc1ccccc1F)N(CC1CCCCN1)C1CC1. The number of hydrogen-bond acceptors (Lipinski definition) is 2. The van der Waals surface area contributed by atoms with Crippen LogP contribution in [0.5, 0.6) is 0 Å². The number of nitrogens with zero attached hydrogens (tertiary/aromatic N) is 1. The number of anilines is 1. The van der Waals surface area contributed by atoms with Crippen LogP contribution < -0.4 is 10.6 Å². The largest absolute Gasteiger partial charge is 0.322 e. The first-order valence-corrected chi connectivity index (χ1v) is 7.79. The molecule has 0 bridgehead atoms. The van der Waals surface area contributed by atoms with E-state index < -0.39 is 5.82 Å². The van der Waals surface area contributed by atoms with Crippen molar-refractivity contribution >= 4 is 11.7 Å². The zero-order chi connectivity index (χ0) is 14.7. The van der Waals surface area contributed by atoms with Crippen LogP contribution in [0, 0.1) is 5.82 Å². The molecule has 2 amide bonds. The minimum atomic E-state index is -0.391. The van der Waals surface area contributed by atoms with E-state index in [1.165, 1.54) is 18.9 Å². The van der Waals surface area contributed by atoms with Crippen molar-refractivity contribution in [2.24, 2.45) is 0 Å². The Bertz CT molecular complexity index is 498. The topological polar surface area (TPSA) is 44.4 Å². The van der Waals surface area contributed by atoms with Gasteiger partial charge in [-0.3, -0.25) is 0 Å². The van der Waals surface area contributed by atoms with Gasteiger partial charge in [-0.15, -0.1) is 0 Å². The summed E-state index contributed by atoms with van der Waals surface area (Å²) >= 11 is 0. The lowest BCUT2D eigenvalue weighted by atomic mass is 10.0. The highest BCUT2D eigenvalue weighted by molar-refractivity contribution is 5.89. The minimum absolute atomic E-state index is 0.185. The molecule has 2 N–H and O–H groups in total. The molecule has 1 atom stereocenters. The molecular formula is C16H22FN3O. The van der Waals surface area contributed by atoms with E-state index in [9.17, 15) is 9.18 Å². The van der Waals surface area contributed by atoms with Gasteiger partial charge in [0.25, 0.3) is 0 Å².